The van der Waals surface area contributed by atoms with Crippen molar-refractivity contribution >= 4 is 5.91 Å². The van der Waals surface area contributed by atoms with Crippen LogP contribution < -0.4 is 11.1 Å². The minimum Gasteiger partial charge on any atom is -0.365 e. The molecule has 0 aromatic rings. The Hall–Kier alpha value is -0.610. The van der Waals surface area contributed by atoms with Crippen LogP contribution >= 0.6 is 0 Å². The fourth-order valence-electron chi connectivity index (χ4n) is 1.65. The number of hydrogen-bond donors (Lipinski definition) is 2. The van der Waals surface area contributed by atoms with Gasteiger partial charge in [-0.15, -0.1) is 0 Å². The maximum absolute atomic E-state index is 12.0. The van der Waals surface area contributed by atoms with E-state index in [-0.39, 0.29) is 11.4 Å². The van der Waals surface area contributed by atoms with Crippen molar-refractivity contribution < 1.29 is 9.53 Å². The summed E-state index contributed by atoms with van der Waals surface area (Å²) in [6.45, 7) is 6.96. The third-order valence-electron chi connectivity index (χ3n) is 3.35. The van der Waals surface area contributed by atoms with Crippen molar-refractivity contribution in [1.82, 2.24) is 5.32 Å². The van der Waals surface area contributed by atoms with Crippen molar-refractivity contribution in [2.24, 2.45) is 5.73 Å². The van der Waals surface area contributed by atoms with E-state index in [0.717, 1.165) is 19.3 Å². The van der Waals surface area contributed by atoms with E-state index in [2.05, 4.69) is 5.32 Å². The van der Waals surface area contributed by atoms with E-state index >= 15 is 0 Å². The smallest absolute Gasteiger partial charge is 0.252 e. The summed E-state index contributed by atoms with van der Waals surface area (Å²) in [5.74, 6) is -0.0326. The SMILES string of the molecule is CCC(C)(CN)NC(=O)C1(C)CCCO1. The molecule has 1 amide bonds. The molecule has 1 heterocycles. The van der Waals surface area contributed by atoms with E-state index in [1.165, 1.54) is 0 Å². The van der Waals surface area contributed by atoms with Crippen LogP contribution in [-0.2, 0) is 9.53 Å². The normalized spacial score (nSPS) is 29.9. The molecule has 2 atom stereocenters. The Bertz CT molecular complexity index is 231. The first-order chi connectivity index (χ1) is 6.96. The lowest BCUT2D eigenvalue weighted by molar-refractivity contribution is -0.141. The first kappa shape index (κ1) is 12.5. The zero-order valence-corrected chi connectivity index (χ0v) is 9.93. The van der Waals surface area contributed by atoms with Crippen LogP contribution in [0.5, 0.6) is 0 Å². The number of ether oxygens (including phenoxy) is 1. The fourth-order valence-corrected chi connectivity index (χ4v) is 1.65. The number of carbonyl (C=O) groups excluding carboxylic acids is 1. The maximum Gasteiger partial charge on any atom is 0.252 e. The van der Waals surface area contributed by atoms with Gasteiger partial charge in [-0.3, -0.25) is 4.79 Å². The van der Waals surface area contributed by atoms with Crippen LogP contribution in [0.1, 0.15) is 40.0 Å². The highest BCUT2D eigenvalue weighted by Gasteiger charge is 2.40. The van der Waals surface area contributed by atoms with Gasteiger partial charge in [0.05, 0.1) is 0 Å². The number of nitrogens with two attached hydrogens (primary N) is 1. The van der Waals surface area contributed by atoms with Gasteiger partial charge in [-0.05, 0) is 33.1 Å². The largest absolute Gasteiger partial charge is 0.365 e. The predicted octanol–water partition coefficient (Wildman–Crippen LogP) is 0.799. The molecule has 88 valence electrons. The first-order valence-electron chi connectivity index (χ1n) is 5.62. The van der Waals surface area contributed by atoms with E-state index in [1.807, 2.05) is 20.8 Å². The Labute approximate surface area is 91.5 Å². The van der Waals surface area contributed by atoms with Crippen LogP contribution in [0.15, 0.2) is 0 Å². The van der Waals surface area contributed by atoms with Crippen LogP contribution in [0.2, 0.25) is 0 Å². The number of carbonyl (C=O) groups is 1. The maximum atomic E-state index is 12.0. The summed E-state index contributed by atoms with van der Waals surface area (Å²) in [4.78, 5) is 12.0. The molecule has 1 fully saturated rings. The molecule has 1 aliphatic heterocycles. The summed E-state index contributed by atoms with van der Waals surface area (Å²) in [5, 5.41) is 2.99. The van der Waals surface area contributed by atoms with E-state index in [9.17, 15) is 4.79 Å². The Kier molecular flexibility index (Phi) is 3.73. The molecule has 0 radical (unpaired) electrons. The van der Waals surface area contributed by atoms with Gasteiger partial charge in [0.1, 0.15) is 5.60 Å². The Morgan fingerprint density at radius 1 is 1.67 bits per heavy atom. The zero-order valence-electron chi connectivity index (χ0n) is 9.93. The number of hydrogen-bond acceptors (Lipinski definition) is 3. The van der Waals surface area contributed by atoms with Gasteiger partial charge < -0.3 is 15.8 Å². The molecule has 2 unspecified atom stereocenters. The van der Waals surface area contributed by atoms with Crippen molar-refractivity contribution in [3.8, 4) is 0 Å². The molecule has 3 N–H and O–H groups in total. The lowest BCUT2D eigenvalue weighted by atomic mass is 9.95. The second-order valence-corrected chi connectivity index (χ2v) is 4.76. The van der Waals surface area contributed by atoms with E-state index in [1.54, 1.807) is 0 Å². The average molecular weight is 214 g/mol. The number of amides is 1. The van der Waals surface area contributed by atoms with Gasteiger partial charge in [0.15, 0.2) is 0 Å². The van der Waals surface area contributed by atoms with E-state index < -0.39 is 5.60 Å². The first-order valence-corrected chi connectivity index (χ1v) is 5.62. The van der Waals surface area contributed by atoms with Crippen LogP contribution in [0.25, 0.3) is 0 Å². The molecule has 4 nitrogen and oxygen atoms in total. The highest BCUT2D eigenvalue weighted by Crippen LogP contribution is 2.26. The summed E-state index contributed by atoms with van der Waals surface area (Å²) < 4.78 is 5.48. The Balaban J connectivity index is 2.61. The van der Waals surface area contributed by atoms with Gasteiger partial charge >= 0.3 is 0 Å². The zero-order chi connectivity index (χ0) is 11.5. The molecule has 4 heteroatoms. The van der Waals surface area contributed by atoms with Crippen molar-refractivity contribution in [2.75, 3.05) is 13.2 Å². The lowest BCUT2D eigenvalue weighted by Crippen LogP contribution is -2.56. The quantitative estimate of drug-likeness (QED) is 0.727. The van der Waals surface area contributed by atoms with Gasteiger partial charge in [0.25, 0.3) is 5.91 Å². The summed E-state index contributed by atoms with van der Waals surface area (Å²) in [6.07, 6.45) is 2.57. The summed E-state index contributed by atoms with van der Waals surface area (Å²) in [6, 6.07) is 0. The molecule has 0 spiro atoms. The predicted molar refractivity (Wildman–Crippen MR) is 59.5 cm³/mol. The summed E-state index contributed by atoms with van der Waals surface area (Å²) in [5.41, 5.74) is 4.69. The molecular weight excluding hydrogens is 192 g/mol. The second kappa shape index (κ2) is 4.49. The van der Waals surface area contributed by atoms with Crippen molar-refractivity contribution in [2.45, 2.75) is 51.2 Å². The molecule has 0 aromatic heterocycles. The Morgan fingerprint density at radius 3 is 2.73 bits per heavy atom. The molecule has 1 rings (SSSR count). The average Bonchev–Trinajstić information content (AvgIpc) is 2.66. The third-order valence-corrected chi connectivity index (χ3v) is 3.35. The Morgan fingerprint density at radius 2 is 2.33 bits per heavy atom. The van der Waals surface area contributed by atoms with Crippen molar-refractivity contribution in [3.05, 3.63) is 0 Å². The standard InChI is InChI=1S/C11H22N2O2/c1-4-10(2,8-12)13-9(14)11(3)6-5-7-15-11/h4-8,12H2,1-3H3,(H,13,14). The molecule has 0 bridgehead atoms. The van der Waals surface area contributed by atoms with Gasteiger partial charge in [0, 0.05) is 18.7 Å². The molecule has 15 heavy (non-hydrogen) atoms. The molecule has 1 aliphatic rings. The fraction of sp³-hybridized carbons (Fsp3) is 0.909. The highest BCUT2D eigenvalue weighted by atomic mass is 16.5. The van der Waals surface area contributed by atoms with Crippen LogP contribution in [0.3, 0.4) is 0 Å². The molecule has 0 saturated carbocycles. The van der Waals surface area contributed by atoms with Crippen LogP contribution in [-0.4, -0.2) is 30.2 Å². The third kappa shape index (κ3) is 2.69. The van der Waals surface area contributed by atoms with E-state index in [0.29, 0.717) is 13.2 Å². The summed E-state index contributed by atoms with van der Waals surface area (Å²) in [7, 11) is 0. The number of nitrogens with one attached hydrogen (secondary N) is 1. The molecule has 0 aliphatic carbocycles. The van der Waals surface area contributed by atoms with Gasteiger partial charge in [-0.1, -0.05) is 6.92 Å². The monoisotopic (exact) mass is 214 g/mol. The minimum absolute atomic E-state index is 0.0326. The van der Waals surface area contributed by atoms with Crippen molar-refractivity contribution in [1.29, 1.82) is 0 Å². The lowest BCUT2D eigenvalue weighted by Gasteiger charge is -2.32. The van der Waals surface area contributed by atoms with Gasteiger partial charge in [0.2, 0.25) is 0 Å². The number of rotatable bonds is 4. The molecule has 0 aromatic carbocycles. The minimum atomic E-state index is -0.647. The second-order valence-electron chi connectivity index (χ2n) is 4.76. The van der Waals surface area contributed by atoms with Crippen molar-refractivity contribution in [3.63, 3.8) is 0 Å². The van der Waals surface area contributed by atoms with Crippen LogP contribution in [0, 0.1) is 0 Å². The van der Waals surface area contributed by atoms with Gasteiger partial charge in [-0.25, -0.2) is 0 Å². The van der Waals surface area contributed by atoms with Crippen LogP contribution in [0.4, 0.5) is 0 Å². The van der Waals surface area contributed by atoms with Gasteiger partial charge in [-0.2, -0.15) is 0 Å². The molecular formula is C11H22N2O2. The highest BCUT2D eigenvalue weighted by molar-refractivity contribution is 5.85. The molecule has 1 saturated heterocycles. The topological polar surface area (TPSA) is 64.3 Å². The summed E-state index contributed by atoms with van der Waals surface area (Å²) >= 11 is 0. The van der Waals surface area contributed by atoms with E-state index in [4.69, 9.17) is 10.5 Å².